The van der Waals surface area contributed by atoms with Crippen LogP contribution in [0, 0.1) is 5.82 Å². The quantitative estimate of drug-likeness (QED) is 0.748. The summed E-state index contributed by atoms with van der Waals surface area (Å²) in [6.45, 7) is 0.277. The van der Waals surface area contributed by atoms with Crippen LogP contribution in [-0.4, -0.2) is 26.0 Å². The molecule has 1 aromatic carbocycles. The molecular formula is C10H10FNO3. The minimum atomic E-state index is -0.583. The lowest BCUT2D eigenvalue weighted by molar-refractivity contribution is -0.0488. The standard InChI is InChI=1S/C10H10FNO3/c1-14-9-6-12(10(13)15-9)8-4-2-3-7(11)5-8/h2-5,9H,6H2,1H3. The first kappa shape index (κ1) is 9.92. The summed E-state index contributed by atoms with van der Waals surface area (Å²) in [7, 11) is 1.45. The highest BCUT2D eigenvalue weighted by Crippen LogP contribution is 2.22. The molecule has 1 fully saturated rings. The number of cyclic esters (lactones) is 1. The van der Waals surface area contributed by atoms with Crippen molar-refractivity contribution in [2.75, 3.05) is 18.6 Å². The molecule has 1 aliphatic rings. The molecule has 0 bridgehead atoms. The molecule has 0 N–H and O–H groups in total. The molecule has 0 spiro atoms. The third kappa shape index (κ3) is 1.92. The van der Waals surface area contributed by atoms with Gasteiger partial charge in [0.2, 0.25) is 6.29 Å². The number of halogens is 1. The van der Waals surface area contributed by atoms with Crippen molar-refractivity contribution in [3.8, 4) is 0 Å². The number of carbonyl (C=O) groups is 1. The number of benzene rings is 1. The van der Waals surface area contributed by atoms with E-state index in [2.05, 4.69) is 0 Å². The van der Waals surface area contributed by atoms with Crippen LogP contribution in [0.4, 0.5) is 14.9 Å². The van der Waals surface area contributed by atoms with Crippen LogP contribution in [-0.2, 0) is 9.47 Å². The van der Waals surface area contributed by atoms with Crippen molar-refractivity contribution >= 4 is 11.8 Å². The zero-order valence-corrected chi connectivity index (χ0v) is 8.14. The van der Waals surface area contributed by atoms with Crippen LogP contribution < -0.4 is 4.90 Å². The third-order valence-electron chi connectivity index (χ3n) is 2.17. The number of carbonyl (C=O) groups excluding carboxylic acids is 1. The molecule has 0 aromatic heterocycles. The number of nitrogens with zero attached hydrogens (tertiary/aromatic N) is 1. The number of rotatable bonds is 2. The number of amides is 1. The first-order valence-electron chi connectivity index (χ1n) is 4.47. The smallest absolute Gasteiger partial charge is 0.416 e. The Morgan fingerprint density at radius 2 is 2.40 bits per heavy atom. The van der Waals surface area contributed by atoms with E-state index in [1.165, 1.54) is 30.2 Å². The molecule has 1 atom stereocenters. The van der Waals surface area contributed by atoms with Crippen molar-refractivity contribution in [3.63, 3.8) is 0 Å². The Balaban J connectivity index is 2.21. The molecule has 5 heteroatoms. The molecule has 1 unspecified atom stereocenters. The first-order valence-corrected chi connectivity index (χ1v) is 4.47. The SMILES string of the molecule is COC1CN(c2cccc(F)c2)C(=O)O1. The molecule has 1 amide bonds. The van der Waals surface area contributed by atoms with Gasteiger partial charge in [-0.3, -0.25) is 4.90 Å². The maximum atomic E-state index is 12.9. The Labute approximate surface area is 86.2 Å². The molecule has 1 saturated heterocycles. The number of anilines is 1. The molecule has 0 radical (unpaired) electrons. The van der Waals surface area contributed by atoms with Crippen molar-refractivity contribution < 1.29 is 18.7 Å². The first-order chi connectivity index (χ1) is 7.20. The van der Waals surface area contributed by atoms with Crippen molar-refractivity contribution in [3.05, 3.63) is 30.1 Å². The van der Waals surface area contributed by atoms with E-state index in [4.69, 9.17) is 9.47 Å². The van der Waals surface area contributed by atoms with Crippen molar-refractivity contribution in [2.24, 2.45) is 0 Å². The largest absolute Gasteiger partial charge is 0.417 e. The highest BCUT2D eigenvalue weighted by Gasteiger charge is 2.32. The summed E-state index contributed by atoms with van der Waals surface area (Å²) in [5.41, 5.74) is 0.472. The average molecular weight is 211 g/mol. The van der Waals surface area contributed by atoms with Gasteiger partial charge in [0.25, 0.3) is 0 Å². The van der Waals surface area contributed by atoms with E-state index in [1.54, 1.807) is 6.07 Å². The van der Waals surface area contributed by atoms with E-state index in [9.17, 15) is 9.18 Å². The summed E-state index contributed by atoms with van der Waals surface area (Å²) < 4.78 is 22.7. The van der Waals surface area contributed by atoms with Gasteiger partial charge in [0.15, 0.2) is 0 Å². The zero-order valence-electron chi connectivity index (χ0n) is 8.14. The van der Waals surface area contributed by atoms with Crippen LogP contribution >= 0.6 is 0 Å². The minimum absolute atomic E-state index is 0.277. The lowest BCUT2D eigenvalue weighted by atomic mass is 10.3. The third-order valence-corrected chi connectivity index (χ3v) is 2.17. The Kier molecular flexibility index (Phi) is 2.55. The monoisotopic (exact) mass is 211 g/mol. The van der Waals surface area contributed by atoms with Crippen LogP contribution in [0.15, 0.2) is 24.3 Å². The molecule has 1 heterocycles. The Morgan fingerprint density at radius 1 is 1.60 bits per heavy atom. The molecule has 2 rings (SSSR count). The highest BCUT2D eigenvalue weighted by molar-refractivity contribution is 5.89. The van der Waals surface area contributed by atoms with Gasteiger partial charge in [-0.05, 0) is 18.2 Å². The van der Waals surface area contributed by atoms with Gasteiger partial charge in [-0.1, -0.05) is 6.07 Å². The second-order valence-electron chi connectivity index (χ2n) is 3.14. The van der Waals surface area contributed by atoms with Crippen LogP contribution in [0.2, 0.25) is 0 Å². The lowest BCUT2D eigenvalue weighted by Gasteiger charge is -2.11. The van der Waals surface area contributed by atoms with E-state index in [1.807, 2.05) is 0 Å². The molecule has 1 aliphatic heterocycles. The predicted molar refractivity (Wildman–Crippen MR) is 51.0 cm³/mol. The minimum Gasteiger partial charge on any atom is -0.417 e. The summed E-state index contributed by atoms with van der Waals surface area (Å²) >= 11 is 0. The number of ether oxygens (including phenoxy) is 2. The second-order valence-corrected chi connectivity index (χ2v) is 3.14. The predicted octanol–water partition coefficient (Wildman–Crippen LogP) is 1.75. The van der Waals surface area contributed by atoms with Crippen molar-refractivity contribution in [1.82, 2.24) is 0 Å². The normalized spacial score (nSPS) is 20.5. The van der Waals surface area contributed by atoms with E-state index in [0.717, 1.165) is 0 Å². The average Bonchev–Trinajstić information content (AvgIpc) is 2.60. The Bertz CT molecular complexity index is 383. The topological polar surface area (TPSA) is 38.8 Å². The van der Waals surface area contributed by atoms with Gasteiger partial charge in [-0.25, -0.2) is 9.18 Å². The number of hydrogen-bond donors (Lipinski definition) is 0. The van der Waals surface area contributed by atoms with E-state index in [0.29, 0.717) is 5.69 Å². The van der Waals surface area contributed by atoms with Crippen LogP contribution in [0.5, 0.6) is 0 Å². The summed E-state index contributed by atoms with van der Waals surface area (Å²) in [5.74, 6) is -0.388. The Hall–Kier alpha value is -1.62. The van der Waals surface area contributed by atoms with Gasteiger partial charge in [0.05, 0.1) is 12.2 Å². The molecular weight excluding hydrogens is 201 g/mol. The maximum absolute atomic E-state index is 12.9. The molecule has 0 aliphatic carbocycles. The molecule has 80 valence electrons. The number of methoxy groups -OCH3 is 1. The van der Waals surface area contributed by atoms with Gasteiger partial charge in [-0.2, -0.15) is 0 Å². The fourth-order valence-corrected chi connectivity index (χ4v) is 1.41. The summed E-state index contributed by atoms with van der Waals surface area (Å²) in [4.78, 5) is 12.7. The summed E-state index contributed by atoms with van der Waals surface area (Å²) in [6.07, 6.45) is -1.10. The molecule has 0 saturated carbocycles. The number of hydrogen-bond acceptors (Lipinski definition) is 3. The molecule has 4 nitrogen and oxygen atoms in total. The zero-order chi connectivity index (χ0) is 10.8. The van der Waals surface area contributed by atoms with Gasteiger partial charge in [0.1, 0.15) is 5.82 Å². The van der Waals surface area contributed by atoms with E-state index >= 15 is 0 Å². The summed E-state index contributed by atoms with van der Waals surface area (Å²) in [5, 5.41) is 0. The van der Waals surface area contributed by atoms with Crippen LogP contribution in [0.25, 0.3) is 0 Å². The summed E-state index contributed by atoms with van der Waals surface area (Å²) in [6, 6.07) is 5.78. The maximum Gasteiger partial charge on any atom is 0.416 e. The fourth-order valence-electron chi connectivity index (χ4n) is 1.41. The van der Waals surface area contributed by atoms with Gasteiger partial charge >= 0.3 is 6.09 Å². The highest BCUT2D eigenvalue weighted by atomic mass is 19.1. The molecule has 15 heavy (non-hydrogen) atoms. The van der Waals surface area contributed by atoms with Crippen molar-refractivity contribution in [1.29, 1.82) is 0 Å². The van der Waals surface area contributed by atoms with Crippen LogP contribution in [0.1, 0.15) is 0 Å². The van der Waals surface area contributed by atoms with E-state index < -0.39 is 12.4 Å². The van der Waals surface area contributed by atoms with Gasteiger partial charge < -0.3 is 9.47 Å². The fraction of sp³-hybridized carbons (Fsp3) is 0.300. The van der Waals surface area contributed by atoms with E-state index in [-0.39, 0.29) is 12.4 Å². The van der Waals surface area contributed by atoms with Crippen LogP contribution in [0.3, 0.4) is 0 Å². The lowest BCUT2D eigenvalue weighted by Crippen LogP contribution is -2.24. The van der Waals surface area contributed by atoms with Gasteiger partial charge in [-0.15, -0.1) is 0 Å². The second kappa shape index (κ2) is 3.86. The Morgan fingerprint density at radius 3 is 3.00 bits per heavy atom. The van der Waals surface area contributed by atoms with Gasteiger partial charge in [0, 0.05) is 7.11 Å². The van der Waals surface area contributed by atoms with Crippen molar-refractivity contribution in [2.45, 2.75) is 6.29 Å². The molecule has 1 aromatic rings.